The van der Waals surface area contributed by atoms with Crippen LogP contribution in [0.25, 0.3) is 11.1 Å². The molecule has 0 saturated heterocycles. The van der Waals surface area contributed by atoms with Gasteiger partial charge in [-0.15, -0.1) is 0 Å². The molecule has 4 heteroatoms. The normalized spacial score (nSPS) is 24.5. The first-order valence-electron chi connectivity index (χ1n) is 15.9. The van der Waals surface area contributed by atoms with Gasteiger partial charge in [0.15, 0.2) is 0 Å². The summed E-state index contributed by atoms with van der Waals surface area (Å²) in [6.07, 6.45) is 19.2. The van der Waals surface area contributed by atoms with Crippen LogP contribution in [0.2, 0.25) is 0 Å². The first-order valence-corrected chi connectivity index (χ1v) is 15.9. The first kappa shape index (κ1) is 33.9. The molecule has 3 atom stereocenters. The smallest absolute Gasteiger partial charge is 0.0538 e. The van der Waals surface area contributed by atoms with E-state index in [9.17, 15) is 10.2 Å². The lowest BCUT2D eigenvalue weighted by molar-refractivity contribution is 0.0110. The van der Waals surface area contributed by atoms with Crippen LogP contribution in [-0.2, 0) is 14.9 Å². The summed E-state index contributed by atoms with van der Waals surface area (Å²) in [5.74, 6) is 0. The minimum absolute atomic E-state index is 0.0107. The maximum absolute atomic E-state index is 10.8. The van der Waals surface area contributed by atoms with E-state index in [1.54, 1.807) is 14.2 Å². The summed E-state index contributed by atoms with van der Waals surface area (Å²) in [7, 11) is 3.43. The summed E-state index contributed by atoms with van der Waals surface area (Å²) in [6.45, 7) is 11.6. The minimum atomic E-state index is -0.481. The van der Waals surface area contributed by atoms with Crippen LogP contribution in [0.3, 0.4) is 0 Å². The molecule has 4 nitrogen and oxygen atoms in total. The van der Waals surface area contributed by atoms with Crippen molar-refractivity contribution in [1.29, 1.82) is 0 Å². The predicted molar refractivity (Wildman–Crippen MR) is 183 cm³/mol. The van der Waals surface area contributed by atoms with Gasteiger partial charge in [0.05, 0.1) is 26.4 Å². The van der Waals surface area contributed by atoms with Crippen molar-refractivity contribution in [2.45, 2.75) is 58.3 Å². The van der Waals surface area contributed by atoms with E-state index in [0.717, 1.165) is 31.3 Å². The molecule has 236 valence electrons. The molecule has 0 heterocycles. The van der Waals surface area contributed by atoms with Crippen molar-refractivity contribution in [3.8, 4) is 11.1 Å². The van der Waals surface area contributed by atoms with E-state index in [1.807, 2.05) is 6.08 Å². The highest BCUT2D eigenvalue weighted by atomic mass is 16.5. The molecule has 0 radical (unpaired) electrons. The van der Waals surface area contributed by atoms with Crippen molar-refractivity contribution in [2.24, 2.45) is 16.2 Å². The summed E-state index contributed by atoms with van der Waals surface area (Å²) >= 11 is 0. The number of methoxy groups -OCH3 is 2. The quantitative estimate of drug-likeness (QED) is 0.230. The summed E-state index contributed by atoms with van der Waals surface area (Å²) in [5.41, 5.74) is 5.74. The number of aliphatic hydroxyl groups excluding tert-OH is 2. The van der Waals surface area contributed by atoms with Gasteiger partial charge >= 0.3 is 0 Å². The highest BCUT2D eigenvalue weighted by Crippen LogP contribution is 2.59. The Hall–Kier alpha value is -3.02. The van der Waals surface area contributed by atoms with Crippen molar-refractivity contribution < 1.29 is 19.7 Å². The molecular formula is C40H52O4. The minimum Gasteiger partial charge on any atom is -0.396 e. The standard InChI is InChI=1S/C40H52O4/c1-7-31-17-11-9-10-12-18-32(8-2)39(31,25-37(3,27-41)29-43-5)23-24-40(26-38(4,28-42)30-44-6)35-21-15-13-19-33(35)34-20-14-16-22-36(34)40/h7-9,11-22,41-42H,1,10,23-30H2,2-6H3/b11-9?,18-12-,31-17+,32-8+. The number of benzene rings is 2. The Morgan fingerprint density at radius 3 is 1.84 bits per heavy atom. The Morgan fingerprint density at radius 2 is 1.34 bits per heavy atom. The second-order valence-electron chi connectivity index (χ2n) is 13.5. The third-order valence-electron chi connectivity index (χ3n) is 9.98. The topological polar surface area (TPSA) is 58.9 Å². The predicted octanol–water partition coefficient (Wildman–Crippen LogP) is 8.36. The molecule has 0 spiro atoms. The maximum atomic E-state index is 10.8. The number of rotatable bonds is 14. The van der Waals surface area contributed by atoms with E-state index in [2.05, 4.69) is 112 Å². The number of hydrogen-bond donors (Lipinski definition) is 2. The summed E-state index contributed by atoms with van der Waals surface area (Å²) in [4.78, 5) is 0. The van der Waals surface area contributed by atoms with Crippen molar-refractivity contribution in [3.05, 3.63) is 120 Å². The number of aliphatic hydroxyl groups is 2. The molecule has 44 heavy (non-hydrogen) atoms. The molecule has 2 N–H and O–H groups in total. The lowest BCUT2D eigenvalue weighted by atomic mass is 9.57. The Labute approximate surface area is 265 Å². The second-order valence-corrected chi connectivity index (χ2v) is 13.5. The highest BCUT2D eigenvalue weighted by Gasteiger charge is 2.50. The zero-order valence-electron chi connectivity index (χ0n) is 27.4. The van der Waals surface area contributed by atoms with Crippen molar-refractivity contribution >= 4 is 0 Å². The Kier molecular flexibility index (Phi) is 11.1. The largest absolute Gasteiger partial charge is 0.396 e. The van der Waals surface area contributed by atoms with E-state index >= 15 is 0 Å². The lowest BCUT2D eigenvalue weighted by Crippen LogP contribution is -2.41. The molecule has 0 fully saturated rings. The SMILES string of the molecule is C=C/C1=C\C=CC/C=C\C(=C/C)C1(CCC1(CC(C)(CO)COC)c2ccccc2-c2ccccc21)CC(C)(CO)COC. The average molecular weight is 597 g/mol. The monoisotopic (exact) mass is 596 g/mol. The molecule has 0 saturated carbocycles. The van der Waals surface area contributed by atoms with Gasteiger partial charge in [0.25, 0.3) is 0 Å². The molecule has 2 aromatic rings. The van der Waals surface area contributed by atoms with Crippen LogP contribution < -0.4 is 0 Å². The number of ether oxygens (including phenoxy) is 2. The lowest BCUT2D eigenvalue weighted by Gasteiger charge is -2.47. The highest BCUT2D eigenvalue weighted by molar-refractivity contribution is 5.81. The van der Waals surface area contributed by atoms with Gasteiger partial charge in [0.1, 0.15) is 0 Å². The van der Waals surface area contributed by atoms with Gasteiger partial charge < -0.3 is 19.7 Å². The van der Waals surface area contributed by atoms with E-state index in [0.29, 0.717) is 19.6 Å². The molecule has 2 aliphatic rings. The number of fused-ring (bicyclic) bond motifs is 3. The zero-order chi connectivity index (χ0) is 31.8. The fourth-order valence-corrected chi connectivity index (χ4v) is 8.08. The van der Waals surface area contributed by atoms with Crippen molar-refractivity contribution in [1.82, 2.24) is 0 Å². The van der Waals surface area contributed by atoms with Crippen LogP contribution in [0, 0.1) is 16.2 Å². The molecule has 0 amide bonds. The molecular weight excluding hydrogens is 544 g/mol. The van der Waals surface area contributed by atoms with Gasteiger partial charge in [-0.2, -0.15) is 0 Å². The summed E-state index contributed by atoms with van der Waals surface area (Å²) in [6, 6.07) is 17.6. The van der Waals surface area contributed by atoms with E-state index in [4.69, 9.17) is 9.47 Å². The summed E-state index contributed by atoms with van der Waals surface area (Å²) in [5, 5.41) is 21.6. The first-order chi connectivity index (χ1) is 21.2. The third kappa shape index (κ3) is 6.50. The number of hydrogen-bond acceptors (Lipinski definition) is 4. The fraction of sp³-hybridized carbons (Fsp3) is 0.450. The summed E-state index contributed by atoms with van der Waals surface area (Å²) < 4.78 is 11.4. The van der Waals surface area contributed by atoms with Gasteiger partial charge in [-0.05, 0) is 72.4 Å². The molecule has 0 aromatic heterocycles. The van der Waals surface area contributed by atoms with Crippen LogP contribution in [0.5, 0.6) is 0 Å². The second kappa shape index (κ2) is 14.4. The van der Waals surface area contributed by atoms with E-state index in [1.165, 1.54) is 27.8 Å². The van der Waals surface area contributed by atoms with Crippen LogP contribution >= 0.6 is 0 Å². The molecule has 4 rings (SSSR count). The van der Waals surface area contributed by atoms with E-state index in [-0.39, 0.29) is 18.6 Å². The fourth-order valence-electron chi connectivity index (χ4n) is 8.08. The Morgan fingerprint density at radius 1 is 0.818 bits per heavy atom. The van der Waals surface area contributed by atoms with Crippen LogP contribution in [-0.4, -0.2) is 50.9 Å². The van der Waals surface area contributed by atoms with Gasteiger partial charge in [-0.25, -0.2) is 0 Å². The van der Waals surface area contributed by atoms with Crippen molar-refractivity contribution in [3.63, 3.8) is 0 Å². The van der Waals surface area contributed by atoms with Gasteiger partial charge in [-0.1, -0.05) is 111 Å². The third-order valence-corrected chi connectivity index (χ3v) is 9.98. The van der Waals surface area contributed by atoms with Crippen LogP contribution in [0.4, 0.5) is 0 Å². The van der Waals surface area contributed by atoms with Gasteiger partial charge in [0.2, 0.25) is 0 Å². The molecule has 0 aliphatic heterocycles. The van der Waals surface area contributed by atoms with Crippen LogP contribution in [0.1, 0.15) is 64.0 Å². The van der Waals surface area contributed by atoms with Gasteiger partial charge in [0, 0.05) is 35.9 Å². The molecule has 0 bridgehead atoms. The molecule has 3 unspecified atom stereocenters. The molecule has 2 aromatic carbocycles. The maximum Gasteiger partial charge on any atom is 0.0538 e. The zero-order valence-corrected chi connectivity index (χ0v) is 27.4. The Bertz CT molecular complexity index is 1370. The van der Waals surface area contributed by atoms with E-state index < -0.39 is 16.2 Å². The van der Waals surface area contributed by atoms with Gasteiger partial charge in [-0.3, -0.25) is 0 Å². The van der Waals surface area contributed by atoms with Crippen molar-refractivity contribution in [2.75, 3.05) is 40.6 Å². The average Bonchev–Trinajstić information content (AvgIpc) is 3.34. The molecule has 2 aliphatic carbocycles. The Balaban J connectivity index is 1.99. The number of allylic oxidation sites excluding steroid dienone is 9. The van der Waals surface area contributed by atoms with Crippen LogP contribution in [0.15, 0.2) is 109 Å².